The van der Waals surface area contributed by atoms with Gasteiger partial charge in [0.15, 0.2) is 0 Å². The maximum absolute atomic E-state index is 9.45. The summed E-state index contributed by atoms with van der Waals surface area (Å²) in [6.07, 6.45) is 39.5. The average molecular weight is 1090 g/mol. The van der Waals surface area contributed by atoms with Gasteiger partial charge in [-0.3, -0.25) is 0 Å². The zero-order valence-electron chi connectivity index (χ0n) is 43.8. The van der Waals surface area contributed by atoms with Crippen LogP contribution < -0.4 is 0 Å². The Kier molecular flexibility index (Phi) is 10.3. The van der Waals surface area contributed by atoms with Crippen molar-refractivity contribution in [2.24, 2.45) is 58.2 Å². The molecule has 18 rings (SSSR count). The standard InChI is InChI=1S/2C33H37.C2H7Si.2ClH.Zr/c2*1-2-28-15-26(18-32-10-8-22(17-32)9-11-32)16-31(28)30(3-1)27-4-6-29(7-5-27)33-19-23-12-24(20-33)14-25(13-23)21-33;1-3-2;;;/h2*1-7,15-16,22-25H,8-14,17-21H2;3H,1-2H3;2*1H;/q;;;;;+2/p-2. The molecule has 0 aliphatic heterocycles. The third-order valence-corrected chi connectivity index (χ3v) is 77.0. The van der Waals surface area contributed by atoms with E-state index in [4.69, 9.17) is 0 Å². The summed E-state index contributed by atoms with van der Waals surface area (Å²) >= 11 is -5.13. The minimum absolute atomic E-state index is 0.150. The average Bonchev–Trinajstić information content (AvgIpc) is 4.24. The van der Waals surface area contributed by atoms with Crippen molar-refractivity contribution in [3.8, 4) is 22.3 Å². The van der Waals surface area contributed by atoms with Crippen molar-refractivity contribution in [2.75, 3.05) is 0 Å². The molecule has 2 unspecified atom stereocenters. The maximum atomic E-state index is 9.45. The van der Waals surface area contributed by atoms with Gasteiger partial charge in [-0.2, -0.15) is 0 Å². The summed E-state index contributed by atoms with van der Waals surface area (Å²) in [4.78, 5) is 0. The predicted molar refractivity (Wildman–Crippen MR) is 303 cm³/mol. The molecule has 14 aliphatic carbocycles. The zero-order valence-corrected chi connectivity index (χ0v) is 48.9. The van der Waals surface area contributed by atoms with Crippen molar-refractivity contribution < 1.29 is 15.6 Å². The Hall–Kier alpha value is -1.96. The quantitative estimate of drug-likeness (QED) is 0.131. The molecular formula is C68H81Cl2SiZr. The van der Waals surface area contributed by atoms with Crippen LogP contribution in [0.4, 0.5) is 0 Å². The van der Waals surface area contributed by atoms with Gasteiger partial charge in [0.2, 0.25) is 0 Å². The minimum atomic E-state index is -5.13. The molecule has 4 aromatic carbocycles. The van der Waals surface area contributed by atoms with E-state index < -0.39 is 21.5 Å². The first kappa shape index (κ1) is 46.2. The number of rotatable bonds is 11. The number of halogens is 2. The Labute approximate surface area is 442 Å². The van der Waals surface area contributed by atoms with Gasteiger partial charge in [-0.15, -0.1) is 0 Å². The van der Waals surface area contributed by atoms with E-state index in [1.54, 1.807) is 22.3 Å². The Morgan fingerprint density at radius 1 is 0.444 bits per heavy atom. The van der Waals surface area contributed by atoms with Crippen LogP contribution in [0.2, 0.25) is 13.1 Å². The van der Waals surface area contributed by atoms with Crippen molar-refractivity contribution >= 4 is 35.1 Å². The summed E-state index contributed by atoms with van der Waals surface area (Å²) in [5, 5.41) is 0. The summed E-state index contributed by atoms with van der Waals surface area (Å²) in [6, 6.07) is 35.3. The number of hydrogen-bond acceptors (Lipinski definition) is 0. The van der Waals surface area contributed by atoms with Gasteiger partial charge in [-0.1, -0.05) is 0 Å². The first-order valence-electron chi connectivity index (χ1n) is 30.3. The summed E-state index contributed by atoms with van der Waals surface area (Å²) in [6.45, 7) is 5.24. The third-order valence-electron chi connectivity index (χ3n) is 25.1. The van der Waals surface area contributed by atoms with E-state index in [0.717, 1.165) is 47.3 Å². The Bertz CT molecular complexity index is 2670. The van der Waals surface area contributed by atoms with Crippen LogP contribution in [0.25, 0.3) is 34.4 Å². The molecular weight excluding hydrogens is 1010 g/mol. The third kappa shape index (κ3) is 6.80. The van der Waals surface area contributed by atoms with Gasteiger partial charge in [0.1, 0.15) is 0 Å². The molecule has 14 aliphatic rings. The van der Waals surface area contributed by atoms with E-state index in [0.29, 0.717) is 21.7 Å². The molecule has 0 aromatic heterocycles. The van der Waals surface area contributed by atoms with Gasteiger partial charge in [-0.25, -0.2) is 0 Å². The van der Waals surface area contributed by atoms with E-state index in [2.05, 4.69) is 110 Å². The molecule has 0 amide bonds. The fourth-order valence-electron chi connectivity index (χ4n) is 22.8. The molecule has 0 N–H and O–H groups in total. The number of benzene rings is 4. The van der Waals surface area contributed by atoms with E-state index in [1.807, 2.05) is 0 Å². The second-order valence-corrected chi connectivity index (χ2v) is 72.0. The molecule has 0 spiro atoms. The summed E-state index contributed by atoms with van der Waals surface area (Å²) < 4.78 is 0.299. The number of hydrogen-bond donors (Lipinski definition) is 0. The second-order valence-electron chi connectivity index (χ2n) is 29.5. The molecule has 0 heterocycles. The Morgan fingerprint density at radius 3 is 1.10 bits per heavy atom. The van der Waals surface area contributed by atoms with Crippen LogP contribution in [-0.2, 0) is 26.4 Å². The van der Waals surface area contributed by atoms with Crippen molar-refractivity contribution in [1.82, 2.24) is 0 Å². The Balaban J connectivity index is 0.819. The first-order chi connectivity index (χ1) is 34.8. The van der Waals surface area contributed by atoms with Gasteiger partial charge in [-0.05, 0) is 0 Å². The molecule has 0 radical (unpaired) electrons. The zero-order chi connectivity index (χ0) is 48.0. The van der Waals surface area contributed by atoms with Crippen LogP contribution in [0.5, 0.6) is 0 Å². The molecule has 375 valence electrons. The SMILES string of the molecule is C[SiH](C)[Zr]([Cl])([Cl])([CH]1C(CC23CCC(CC2)C3)=Cc2c(-c3ccc(C45CC6CC(CC(C6)C4)C5)cc3)cccc21)[CH]1C(CC23CCC(CC2)C3)=Cc2c(-c3ccc(C45CC6CC(CC(C6)C4)C5)cc3)cccc21. The fraction of sp³-hybridized carbons (Fsp3) is 0.588. The van der Waals surface area contributed by atoms with Crippen molar-refractivity contribution in [3.05, 3.63) is 129 Å². The molecule has 2 atom stereocenters. The molecule has 72 heavy (non-hydrogen) atoms. The topological polar surface area (TPSA) is 0 Å². The van der Waals surface area contributed by atoms with Crippen LogP contribution >= 0.6 is 17.0 Å². The summed E-state index contributed by atoms with van der Waals surface area (Å²) in [5.41, 5.74) is 19.7. The van der Waals surface area contributed by atoms with Crippen molar-refractivity contribution in [3.63, 3.8) is 0 Å². The second kappa shape index (κ2) is 16.1. The van der Waals surface area contributed by atoms with Gasteiger partial charge in [0, 0.05) is 0 Å². The van der Waals surface area contributed by atoms with Gasteiger partial charge >= 0.3 is 446 Å². The van der Waals surface area contributed by atoms with E-state index >= 15 is 0 Å². The van der Waals surface area contributed by atoms with Crippen LogP contribution in [0, 0.1) is 58.2 Å². The van der Waals surface area contributed by atoms with Gasteiger partial charge in [0.25, 0.3) is 0 Å². The number of allylic oxidation sites excluding steroid dienone is 2. The van der Waals surface area contributed by atoms with Gasteiger partial charge in [0.05, 0.1) is 0 Å². The molecule has 0 nitrogen and oxygen atoms in total. The van der Waals surface area contributed by atoms with E-state index in [9.17, 15) is 17.0 Å². The molecule has 12 saturated carbocycles. The van der Waals surface area contributed by atoms with Crippen molar-refractivity contribution in [1.29, 1.82) is 0 Å². The van der Waals surface area contributed by atoms with Crippen molar-refractivity contribution in [2.45, 2.75) is 185 Å². The fourth-order valence-corrected chi connectivity index (χ4v) is 54.1. The first-order valence-corrected chi connectivity index (χ1v) is 46.6. The van der Waals surface area contributed by atoms with E-state index in [-0.39, 0.29) is 7.25 Å². The van der Waals surface area contributed by atoms with Crippen LogP contribution in [0.1, 0.15) is 195 Å². The molecule has 4 heteroatoms. The molecule has 4 aromatic rings. The van der Waals surface area contributed by atoms with E-state index in [1.165, 1.54) is 199 Å². The Morgan fingerprint density at radius 2 is 0.792 bits per heavy atom. The molecule has 0 saturated heterocycles. The van der Waals surface area contributed by atoms with Gasteiger partial charge < -0.3 is 0 Å². The summed E-state index contributed by atoms with van der Waals surface area (Å²) in [7, 11) is 18.9. The van der Waals surface area contributed by atoms with Crippen LogP contribution in [0.3, 0.4) is 0 Å². The monoisotopic (exact) mass is 1090 g/mol. The van der Waals surface area contributed by atoms with Crippen LogP contribution in [0.15, 0.2) is 96.1 Å². The molecule has 12 fully saturated rings. The normalized spacial score (nSPS) is 40.8. The predicted octanol–water partition coefficient (Wildman–Crippen LogP) is 19.5. The number of fused-ring (bicyclic) bond motifs is 6. The summed E-state index contributed by atoms with van der Waals surface area (Å²) in [5.74, 6) is 5.85. The molecule has 12 bridgehead atoms. The van der Waals surface area contributed by atoms with Crippen LogP contribution in [-0.4, -0.2) is 5.92 Å².